The van der Waals surface area contributed by atoms with E-state index in [0.29, 0.717) is 5.92 Å². The molecule has 2 fully saturated rings. The van der Waals surface area contributed by atoms with Gasteiger partial charge in [0.2, 0.25) is 0 Å². The van der Waals surface area contributed by atoms with Gasteiger partial charge >= 0.3 is 0 Å². The van der Waals surface area contributed by atoms with Crippen LogP contribution in [0, 0.1) is 5.92 Å². The average Bonchev–Trinajstić information content (AvgIpc) is 3.44. The number of ether oxygens (including phenoxy) is 2. The molecule has 142 valence electrons. The lowest BCUT2D eigenvalue weighted by Crippen LogP contribution is -2.43. The molecule has 1 saturated carbocycles. The zero-order chi connectivity index (χ0) is 18.5. The maximum atomic E-state index is 6.18. The number of pyridine rings is 1. The molecule has 0 radical (unpaired) electrons. The van der Waals surface area contributed by atoms with Crippen LogP contribution in [0.15, 0.2) is 48.4 Å². The second kappa shape index (κ2) is 8.36. The van der Waals surface area contributed by atoms with E-state index in [-0.39, 0.29) is 11.0 Å². The minimum Gasteiger partial charge on any atom is -0.497 e. The molecule has 4 heteroatoms. The van der Waals surface area contributed by atoms with Crippen LogP contribution in [0.1, 0.15) is 45.2 Å². The zero-order valence-corrected chi connectivity index (χ0v) is 16.3. The summed E-state index contributed by atoms with van der Waals surface area (Å²) in [5.74, 6) is 1.50. The first-order chi connectivity index (χ1) is 12.7. The van der Waals surface area contributed by atoms with Gasteiger partial charge < -0.3 is 14.8 Å². The Kier molecular flexibility index (Phi) is 6.15. The van der Waals surface area contributed by atoms with Crippen LogP contribution in [0.5, 0.6) is 0 Å². The number of hydrogen-bond acceptors (Lipinski definition) is 4. The fourth-order valence-corrected chi connectivity index (χ4v) is 4.61. The fourth-order valence-electron chi connectivity index (χ4n) is 4.61. The third-order valence-corrected chi connectivity index (χ3v) is 6.16. The molecular formula is C22H32N2O2. The standard InChI is InChI=1S/C22H32N2O2/c1-4-8-18(25-3)10-14-23-15-11-21(20-9-6-7-13-24-20)12-16-26-22(5-2)17-19(21)22/h4,6-10,13,19,23H,5,11-12,14-17H2,1-3H3/b8-4-,18-10-/t19-,21+,22-/m1/s1. The van der Waals surface area contributed by atoms with Crippen LogP contribution < -0.4 is 5.32 Å². The monoisotopic (exact) mass is 356 g/mol. The van der Waals surface area contributed by atoms with Gasteiger partial charge in [-0.1, -0.05) is 19.1 Å². The van der Waals surface area contributed by atoms with Crippen molar-refractivity contribution in [1.82, 2.24) is 10.3 Å². The van der Waals surface area contributed by atoms with Crippen molar-refractivity contribution >= 4 is 0 Å². The van der Waals surface area contributed by atoms with E-state index in [1.807, 2.05) is 31.3 Å². The molecule has 0 aromatic carbocycles. The van der Waals surface area contributed by atoms with Crippen molar-refractivity contribution in [2.75, 3.05) is 26.8 Å². The number of hydrogen-bond donors (Lipinski definition) is 1. The van der Waals surface area contributed by atoms with Gasteiger partial charge in [-0.2, -0.15) is 0 Å². The Labute approximate surface area is 157 Å². The summed E-state index contributed by atoms with van der Waals surface area (Å²) in [5.41, 5.74) is 1.48. The molecule has 1 aromatic rings. The molecular weight excluding hydrogens is 324 g/mol. The number of aromatic nitrogens is 1. The Morgan fingerprint density at radius 1 is 1.46 bits per heavy atom. The highest BCUT2D eigenvalue weighted by atomic mass is 16.5. The molecule has 1 aliphatic heterocycles. The number of methoxy groups -OCH3 is 1. The Morgan fingerprint density at radius 3 is 3.04 bits per heavy atom. The van der Waals surface area contributed by atoms with Crippen molar-refractivity contribution in [3.05, 3.63) is 54.1 Å². The van der Waals surface area contributed by atoms with Crippen molar-refractivity contribution in [1.29, 1.82) is 0 Å². The molecule has 0 amide bonds. The van der Waals surface area contributed by atoms with Gasteiger partial charge in [0, 0.05) is 36.4 Å². The van der Waals surface area contributed by atoms with Crippen molar-refractivity contribution in [3.8, 4) is 0 Å². The first kappa shape index (κ1) is 19.1. The van der Waals surface area contributed by atoms with Crippen LogP contribution in [0.25, 0.3) is 0 Å². The third kappa shape index (κ3) is 3.72. The van der Waals surface area contributed by atoms with Crippen LogP contribution in [0.2, 0.25) is 0 Å². The second-order valence-corrected chi connectivity index (χ2v) is 7.41. The summed E-state index contributed by atoms with van der Waals surface area (Å²) in [6.45, 7) is 6.88. The Balaban J connectivity index is 1.67. The molecule has 2 aliphatic rings. The summed E-state index contributed by atoms with van der Waals surface area (Å²) in [5, 5.41) is 3.56. The minimum absolute atomic E-state index is 0.102. The van der Waals surface area contributed by atoms with E-state index in [1.54, 1.807) is 7.11 Å². The van der Waals surface area contributed by atoms with Crippen molar-refractivity contribution < 1.29 is 9.47 Å². The zero-order valence-electron chi connectivity index (χ0n) is 16.3. The summed E-state index contributed by atoms with van der Waals surface area (Å²) in [7, 11) is 1.71. The Morgan fingerprint density at radius 2 is 2.35 bits per heavy atom. The van der Waals surface area contributed by atoms with Gasteiger partial charge in [-0.15, -0.1) is 0 Å². The normalized spacial score (nSPS) is 31.0. The van der Waals surface area contributed by atoms with Gasteiger partial charge in [-0.05, 0) is 63.4 Å². The number of fused-ring (bicyclic) bond motifs is 1. The number of nitrogens with zero attached hydrogens (tertiary/aromatic N) is 1. The topological polar surface area (TPSA) is 43.4 Å². The Hall–Kier alpha value is -1.65. The number of rotatable bonds is 9. The van der Waals surface area contributed by atoms with Gasteiger partial charge in [-0.3, -0.25) is 4.98 Å². The van der Waals surface area contributed by atoms with Gasteiger partial charge in [0.25, 0.3) is 0 Å². The number of allylic oxidation sites excluding steroid dienone is 2. The lowest BCUT2D eigenvalue weighted by atomic mass is 9.71. The summed E-state index contributed by atoms with van der Waals surface area (Å²) in [6.07, 6.45) is 12.4. The maximum Gasteiger partial charge on any atom is 0.115 e. The predicted molar refractivity (Wildman–Crippen MR) is 105 cm³/mol. The van der Waals surface area contributed by atoms with E-state index >= 15 is 0 Å². The summed E-state index contributed by atoms with van der Waals surface area (Å²) in [4.78, 5) is 4.76. The Bertz CT molecular complexity index is 643. The van der Waals surface area contributed by atoms with E-state index in [2.05, 4.69) is 30.4 Å². The van der Waals surface area contributed by atoms with Crippen LogP contribution >= 0.6 is 0 Å². The average molecular weight is 357 g/mol. The van der Waals surface area contributed by atoms with Gasteiger partial charge in [0.15, 0.2) is 0 Å². The number of nitrogens with one attached hydrogen (secondary N) is 1. The first-order valence-electron chi connectivity index (χ1n) is 9.84. The molecule has 26 heavy (non-hydrogen) atoms. The van der Waals surface area contributed by atoms with Gasteiger partial charge in [-0.25, -0.2) is 0 Å². The highest BCUT2D eigenvalue weighted by Gasteiger charge is 2.66. The first-order valence-corrected chi connectivity index (χ1v) is 9.84. The molecule has 0 unspecified atom stereocenters. The smallest absolute Gasteiger partial charge is 0.115 e. The van der Waals surface area contributed by atoms with Crippen LogP contribution in [0.4, 0.5) is 0 Å². The molecule has 1 aromatic heterocycles. The minimum atomic E-state index is 0.102. The van der Waals surface area contributed by atoms with Crippen molar-refractivity contribution in [3.63, 3.8) is 0 Å². The van der Waals surface area contributed by atoms with Crippen LogP contribution in [-0.2, 0) is 14.9 Å². The van der Waals surface area contributed by atoms with E-state index in [9.17, 15) is 0 Å². The molecule has 0 spiro atoms. The molecule has 3 atom stereocenters. The van der Waals surface area contributed by atoms with E-state index in [4.69, 9.17) is 14.5 Å². The molecule has 1 N–H and O–H groups in total. The van der Waals surface area contributed by atoms with Gasteiger partial charge in [0.05, 0.1) is 12.7 Å². The highest BCUT2D eigenvalue weighted by Crippen LogP contribution is 2.63. The third-order valence-electron chi connectivity index (χ3n) is 6.16. The molecule has 2 heterocycles. The highest BCUT2D eigenvalue weighted by molar-refractivity contribution is 5.29. The lowest BCUT2D eigenvalue weighted by molar-refractivity contribution is -0.0399. The van der Waals surface area contributed by atoms with Crippen LogP contribution in [-0.4, -0.2) is 37.4 Å². The van der Waals surface area contributed by atoms with Crippen molar-refractivity contribution in [2.24, 2.45) is 5.92 Å². The summed E-state index contributed by atoms with van der Waals surface area (Å²) >= 11 is 0. The second-order valence-electron chi connectivity index (χ2n) is 7.41. The quantitative estimate of drug-likeness (QED) is 0.413. The SMILES string of the molecule is C/C=C\C(=C\CNCC[C@]1(c2ccccn2)CCO[C@]2(CC)C[C@@H]21)OC. The molecule has 1 saturated heterocycles. The van der Waals surface area contributed by atoms with E-state index in [0.717, 1.165) is 44.7 Å². The van der Waals surface area contributed by atoms with E-state index < -0.39 is 0 Å². The van der Waals surface area contributed by atoms with E-state index in [1.165, 1.54) is 12.1 Å². The molecule has 1 aliphatic carbocycles. The van der Waals surface area contributed by atoms with Crippen LogP contribution in [0.3, 0.4) is 0 Å². The van der Waals surface area contributed by atoms with Gasteiger partial charge in [0.1, 0.15) is 5.76 Å². The van der Waals surface area contributed by atoms with Crippen molar-refractivity contribution in [2.45, 2.75) is 50.5 Å². The predicted octanol–water partition coefficient (Wildman–Crippen LogP) is 3.99. The maximum absolute atomic E-state index is 6.18. The summed E-state index contributed by atoms with van der Waals surface area (Å²) < 4.78 is 11.5. The molecule has 4 nitrogen and oxygen atoms in total. The molecule has 3 rings (SSSR count). The fraction of sp³-hybridized carbons (Fsp3) is 0.591. The summed E-state index contributed by atoms with van der Waals surface area (Å²) in [6, 6.07) is 6.33. The lowest BCUT2D eigenvalue weighted by Gasteiger charge is -2.40. The largest absolute Gasteiger partial charge is 0.497 e. The molecule has 0 bridgehead atoms.